The van der Waals surface area contributed by atoms with Gasteiger partial charge in [-0.15, -0.1) is 0 Å². The quantitative estimate of drug-likeness (QED) is 0.502. The molecule has 2 heterocycles. The molecule has 1 amide bonds. The van der Waals surface area contributed by atoms with Gasteiger partial charge in [-0.2, -0.15) is 31.4 Å². The molecule has 35 heavy (non-hydrogen) atoms. The third-order valence-corrected chi connectivity index (χ3v) is 5.79. The normalized spacial score (nSPS) is 13.5. The van der Waals surface area contributed by atoms with Gasteiger partial charge in [0.1, 0.15) is 10.6 Å². The van der Waals surface area contributed by atoms with Crippen molar-refractivity contribution in [1.82, 2.24) is 20.1 Å². The summed E-state index contributed by atoms with van der Waals surface area (Å²) in [5.74, 6) is -2.25. The topological polar surface area (TPSA) is 94.0 Å². The molecule has 0 radical (unpaired) electrons. The van der Waals surface area contributed by atoms with Gasteiger partial charge >= 0.3 is 12.4 Å². The Morgan fingerprint density at radius 1 is 1.06 bits per heavy atom. The summed E-state index contributed by atoms with van der Waals surface area (Å²) in [5, 5.41) is 5.95. The zero-order chi connectivity index (χ0) is 26.3. The molecule has 0 spiro atoms. The Labute approximate surface area is 193 Å². The van der Waals surface area contributed by atoms with Crippen LogP contribution in [0.5, 0.6) is 0 Å². The van der Waals surface area contributed by atoms with Crippen molar-refractivity contribution in [2.45, 2.75) is 30.2 Å². The highest BCUT2D eigenvalue weighted by Gasteiger charge is 2.37. The summed E-state index contributed by atoms with van der Waals surface area (Å²) in [6.45, 7) is 1.25. The molecule has 1 N–H and O–H groups in total. The van der Waals surface area contributed by atoms with Crippen LogP contribution < -0.4 is 5.32 Å². The Balaban J connectivity index is 2.00. The minimum atomic E-state index is -5.16. The van der Waals surface area contributed by atoms with Crippen LogP contribution in [-0.2, 0) is 22.2 Å². The van der Waals surface area contributed by atoms with E-state index in [0.29, 0.717) is 0 Å². The van der Waals surface area contributed by atoms with Gasteiger partial charge in [-0.3, -0.25) is 9.78 Å². The molecule has 7 nitrogen and oxygen atoms in total. The van der Waals surface area contributed by atoms with Gasteiger partial charge in [0.25, 0.3) is 5.91 Å². The molecule has 0 aliphatic heterocycles. The summed E-state index contributed by atoms with van der Waals surface area (Å²) >= 11 is 0. The highest BCUT2D eigenvalue weighted by molar-refractivity contribution is 7.90. The number of rotatable bonds is 5. The molecule has 188 valence electrons. The third kappa shape index (κ3) is 5.78. The molecule has 2 aromatic heterocycles. The molecule has 3 rings (SSSR count). The largest absolute Gasteiger partial charge is 0.416 e. The molecule has 0 saturated carbocycles. The molecular formula is C20H15F7N4O3S. The molecule has 1 aromatic carbocycles. The Morgan fingerprint density at radius 3 is 2.11 bits per heavy atom. The van der Waals surface area contributed by atoms with Crippen LogP contribution >= 0.6 is 0 Å². The first-order valence-electron chi connectivity index (χ1n) is 9.48. The van der Waals surface area contributed by atoms with Gasteiger partial charge in [-0.25, -0.2) is 17.5 Å². The second kappa shape index (κ2) is 8.94. The van der Waals surface area contributed by atoms with Gasteiger partial charge in [-0.1, -0.05) is 0 Å². The monoisotopic (exact) mass is 524 g/mol. The summed E-state index contributed by atoms with van der Waals surface area (Å²) in [7, 11) is -3.70. The number of hydrogen-bond acceptors (Lipinski definition) is 5. The van der Waals surface area contributed by atoms with Crippen LogP contribution in [0.25, 0.3) is 5.69 Å². The van der Waals surface area contributed by atoms with Crippen LogP contribution in [0.3, 0.4) is 0 Å². The molecule has 0 aliphatic rings. The molecule has 3 aromatic rings. The molecule has 0 aliphatic carbocycles. The lowest BCUT2D eigenvalue weighted by Gasteiger charge is -2.19. The van der Waals surface area contributed by atoms with Crippen molar-refractivity contribution in [3.05, 3.63) is 71.1 Å². The van der Waals surface area contributed by atoms with E-state index in [9.17, 15) is 43.9 Å². The number of carbonyl (C=O) groups is 1. The number of aromatic nitrogens is 3. The Morgan fingerprint density at radius 2 is 1.63 bits per heavy atom. The summed E-state index contributed by atoms with van der Waals surface area (Å²) in [6.07, 6.45) is -6.50. The fourth-order valence-corrected chi connectivity index (χ4v) is 3.57. The lowest BCUT2D eigenvalue weighted by molar-refractivity contribution is -0.143. The van der Waals surface area contributed by atoms with Crippen molar-refractivity contribution in [2.24, 2.45) is 0 Å². The molecule has 0 fully saturated rings. The number of alkyl halides is 6. The predicted octanol–water partition coefficient (Wildman–Crippen LogP) is 4.34. The Kier molecular flexibility index (Phi) is 6.67. The van der Waals surface area contributed by atoms with Gasteiger partial charge < -0.3 is 5.32 Å². The molecule has 15 heteroatoms. The average molecular weight is 524 g/mol. The smallest absolute Gasteiger partial charge is 0.344 e. The number of nitrogens with zero attached hydrogens (tertiary/aromatic N) is 3. The predicted molar refractivity (Wildman–Crippen MR) is 107 cm³/mol. The van der Waals surface area contributed by atoms with Crippen LogP contribution in [0, 0.1) is 5.82 Å². The fourth-order valence-electron chi connectivity index (χ4n) is 3.04. The highest BCUT2D eigenvalue weighted by Crippen LogP contribution is 2.36. The summed E-state index contributed by atoms with van der Waals surface area (Å²) in [6, 6.07) is 0.0517. The average Bonchev–Trinajstić information content (AvgIpc) is 3.22. The van der Waals surface area contributed by atoms with E-state index in [1.807, 2.05) is 0 Å². The van der Waals surface area contributed by atoms with Gasteiger partial charge in [-0.05, 0) is 31.2 Å². The lowest BCUT2D eigenvalue weighted by atomic mass is 10.0. The molecule has 0 bridgehead atoms. The first-order chi connectivity index (χ1) is 16.0. The van der Waals surface area contributed by atoms with Crippen molar-refractivity contribution in [3.8, 4) is 5.69 Å². The summed E-state index contributed by atoms with van der Waals surface area (Å²) < 4.78 is 117. The molecule has 1 unspecified atom stereocenters. The maximum atomic E-state index is 14.6. The summed E-state index contributed by atoms with van der Waals surface area (Å²) in [4.78, 5) is 16.3. The van der Waals surface area contributed by atoms with Crippen LogP contribution in [0.1, 0.15) is 40.1 Å². The van der Waals surface area contributed by atoms with E-state index in [0.717, 1.165) is 35.6 Å². The number of pyridine rings is 1. The van der Waals surface area contributed by atoms with E-state index >= 15 is 0 Å². The van der Waals surface area contributed by atoms with Crippen molar-refractivity contribution < 1.29 is 43.9 Å². The van der Waals surface area contributed by atoms with E-state index in [2.05, 4.69) is 15.4 Å². The standard InChI is InChI=1S/C20H15F7N4O3S/c1-10(16-17(15(21)3-4-28-16)31-9-14(8-29-31)35(2,33)34)30-18(32)11-5-12(19(22,23)24)7-13(6-11)20(25,26)27/h3-10H,1-2H3,(H,30,32). The SMILES string of the molecule is CC(NC(=O)c1cc(C(F)(F)F)cc(C(F)(F)F)c1)c1nccc(F)c1-n1cc(S(C)(=O)=O)cn1. The van der Waals surface area contributed by atoms with Crippen molar-refractivity contribution in [1.29, 1.82) is 0 Å². The van der Waals surface area contributed by atoms with Crippen LogP contribution in [0.2, 0.25) is 0 Å². The lowest BCUT2D eigenvalue weighted by Crippen LogP contribution is -2.29. The number of nitrogens with one attached hydrogen (secondary N) is 1. The second-order valence-corrected chi connectivity index (χ2v) is 9.42. The first kappa shape index (κ1) is 26.1. The first-order valence-corrected chi connectivity index (χ1v) is 11.4. The van der Waals surface area contributed by atoms with E-state index in [1.54, 1.807) is 0 Å². The number of amides is 1. The van der Waals surface area contributed by atoms with Gasteiger partial charge in [0, 0.05) is 24.2 Å². The van der Waals surface area contributed by atoms with E-state index in [1.165, 1.54) is 6.92 Å². The highest BCUT2D eigenvalue weighted by atomic mass is 32.2. The van der Waals surface area contributed by atoms with Crippen LogP contribution in [-0.4, -0.2) is 35.3 Å². The van der Waals surface area contributed by atoms with Crippen molar-refractivity contribution >= 4 is 15.7 Å². The summed E-state index contributed by atoms with van der Waals surface area (Å²) in [5.41, 5.74) is -4.89. The maximum Gasteiger partial charge on any atom is 0.416 e. The van der Waals surface area contributed by atoms with Gasteiger partial charge in [0.15, 0.2) is 15.7 Å². The van der Waals surface area contributed by atoms with Crippen molar-refractivity contribution in [2.75, 3.05) is 6.26 Å². The zero-order valence-electron chi connectivity index (χ0n) is 17.7. The van der Waals surface area contributed by atoms with Crippen LogP contribution in [0.15, 0.2) is 47.8 Å². The van der Waals surface area contributed by atoms with Crippen LogP contribution in [0.4, 0.5) is 30.7 Å². The Hall–Kier alpha value is -3.49. The third-order valence-electron chi connectivity index (χ3n) is 4.73. The zero-order valence-corrected chi connectivity index (χ0v) is 18.6. The van der Waals surface area contributed by atoms with E-state index < -0.39 is 56.6 Å². The van der Waals surface area contributed by atoms with E-state index in [-0.39, 0.29) is 34.5 Å². The minimum absolute atomic E-state index is 0.122. The fraction of sp³-hybridized carbons (Fsp3) is 0.250. The van der Waals surface area contributed by atoms with Gasteiger partial charge in [0.05, 0.1) is 29.1 Å². The van der Waals surface area contributed by atoms with E-state index in [4.69, 9.17) is 0 Å². The molecule has 0 saturated heterocycles. The number of halogens is 7. The van der Waals surface area contributed by atoms with Crippen molar-refractivity contribution in [3.63, 3.8) is 0 Å². The number of hydrogen-bond donors (Lipinski definition) is 1. The molecule has 1 atom stereocenters. The van der Waals surface area contributed by atoms with Gasteiger partial charge in [0.2, 0.25) is 0 Å². The number of sulfone groups is 1. The molecular weight excluding hydrogens is 509 g/mol. The Bertz CT molecular complexity index is 1350. The maximum absolute atomic E-state index is 14.6. The number of carbonyl (C=O) groups excluding carboxylic acids is 1. The second-order valence-electron chi connectivity index (χ2n) is 7.41. The number of benzene rings is 1. The minimum Gasteiger partial charge on any atom is -0.344 e.